The van der Waals surface area contributed by atoms with E-state index >= 15 is 0 Å². The lowest BCUT2D eigenvalue weighted by molar-refractivity contribution is 0.0136. The molecule has 2 fully saturated rings. The van der Waals surface area contributed by atoms with Crippen LogP contribution in [0.4, 0.5) is 0 Å². The number of aliphatic hydroxyl groups is 1. The van der Waals surface area contributed by atoms with E-state index < -0.39 is 0 Å². The molecule has 1 N–H and O–H groups in total. The lowest BCUT2D eigenvalue weighted by Gasteiger charge is -2.46. The van der Waals surface area contributed by atoms with Crippen LogP contribution in [-0.2, 0) is 6.54 Å². The summed E-state index contributed by atoms with van der Waals surface area (Å²) in [5.74, 6) is 0.798. The predicted octanol–water partition coefficient (Wildman–Crippen LogP) is 3.65. The molecule has 1 atom stereocenters. The SMILES string of the molecule is Cc1ccccc1-c1ncc(CN2CCN(C3CCCCC3)[C@@H](CCO)C2)cn1. The minimum atomic E-state index is 0.274. The summed E-state index contributed by atoms with van der Waals surface area (Å²) < 4.78 is 0. The van der Waals surface area contributed by atoms with Crippen molar-refractivity contribution in [3.8, 4) is 11.4 Å². The first-order valence-electron chi connectivity index (χ1n) is 11.2. The molecule has 1 saturated heterocycles. The minimum Gasteiger partial charge on any atom is -0.396 e. The van der Waals surface area contributed by atoms with Crippen molar-refractivity contribution in [1.82, 2.24) is 19.8 Å². The van der Waals surface area contributed by atoms with Crippen LogP contribution in [0.5, 0.6) is 0 Å². The van der Waals surface area contributed by atoms with Crippen LogP contribution in [0.1, 0.15) is 49.7 Å². The largest absolute Gasteiger partial charge is 0.396 e. The van der Waals surface area contributed by atoms with Gasteiger partial charge in [0.25, 0.3) is 0 Å². The van der Waals surface area contributed by atoms with E-state index in [2.05, 4.69) is 38.8 Å². The van der Waals surface area contributed by atoms with Crippen molar-refractivity contribution in [2.75, 3.05) is 26.2 Å². The highest BCUT2D eigenvalue weighted by Gasteiger charge is 2.32. The van der Waals surface area contributed by atoms with E-state index in [1.165, 1.54) is 37.7 Å². The third-order valence-electron chi connectivity index (χ3n) is 6.62. The van der Waals surface area contributed by atoms with Crippen LogP contribution in [0.3, 0.4) is 0 Å². The predicted molar refractivity (Wildman–Crippen MR) is 117 cm³/mol. The molecule has 1 aromatic heterocycles. The van der Waals surface area contributed by atoms with Gasteiger partial charge in [-0.25, -0.2) is 9.97 Å². The minimum absolute atomic E-state index is 0.274. The Kier molecular flexibility index (Phi) is 6.90. The monoisotopic (exact) mass is 394 g/mol. The number of rotatable bonds is 6. The number of nitrogens with zero attached hydrogens (tertiary/aromatic N) is 4. The fourth-order valence-electron chi connectivity index (χ4n) is 5.03. The highest BCUT2D eigenvalue weighted by Crippen LogP contribution is 2.27. The first kappa shape index (κ1) is 20.5. The molecule has 2 aromatic rings. The maximum absolute atomic E-state index is 9.61. The van der Waals surface area contributed by atoms with Crippen LogP contribution in [-0.4, -0.2) is 63.2 Å². The van der Waals surface area contributed by atoms with Gasteiger partial charge in [-0.05, 0) is 31.7 Å². The summed E-state index contributed by atoms with van der Waals surface area (Å²) in [7, 11) is 0. The molecule has 1 aliphatic carbocycles. The third kappa shape index (κ3) is 5.03. The molecule has 0 bridgehead atoms. The van der Waals surface area contributed by atoms with Crippen LogP contribution in [0.2, 0.25) is 0 Å². The molecular formula is C24H34N4O. The van der Waals surface area contributed by atoms with Gasteiger partial charge in [0.1, 0.15) is 0 Å². The first-order chi connectivity index (χ1) is 14.2. The Morgan fingerprint density at radius 2 is 1.79 bits per heavy atom. The van der Waals surface area contributed by atoms with Crippen molar-refractivity contribution < 1.29 is 5.11 Å². The first-order valence-corrected chi connectivity index (χ1v) is 11.2. The molecule has 1 saturated carbocycles. The number of aliphatic hydroxyl groups excluding tert-OH is 1. The maximum Gasteiger partial charge on any atom is 0.159 e. The summed E-state index contributed by atoms with van der Waals surface area (Å²) in [5.41, 5.74) is 3.46. The fourth-order valence-corrected chi connectivity index (χ4v) is 5.03. The molecule has 29 heavy (non-hydrogen) atoms. The third-order valence-corrected chi connectivity index (χ3v) is 6.62. The quantitative estimate of drug-likeness (QED) is 0.810. The van der Waals surface area contributed by atoms with Gasteiger partial charge in [-0.2, -0.15) is 0 Å². The molecule has 0 amide bonds. The number of hydrogen-bond donors (Lipinski definition) is 1. The molecule has 1 aromatic carbocycles. The lowest BCUT2D eigenvalue weighted by Crippen LogP contribution is -2.56. The van der Waals surface area contributed by atoms with Gasteiger partial charge in [-0.1, -0.05) is 43.5 Å². The Morgan fingerprint density at radius 1 is 1.03 bits per heavy atom. The highest BCUT2D eigenvalue weighted by atomic mass is 16.3. The van der Waals surface area contributed by atoms with E-state index in [-0.39, 0.29) is 6.61 Å². The van der Waals surface area contributed by atoms with Gasteiger partial charge in [0.2, 0.25) is 0 Å². The second kappa shape index (κ2) is 9.79. The topological polar surface area (TPSA) is 52.5 Å². The Bertz CT molecular complexity index is 773. The number of benzene rings is 1. The van der Waals surface area contributed by atoms with Crippen molar-refractivity contribution in [3.05, 3.63) is 47.8 Å². The normalized spacial score (nSPS) is 22.1. The number of aromatic nitrogens is 2. The average Bonchev–Trinajstić information content (AvgIpc) is 2.76. The van der Waals surface area contributed by atoms with Crippen molar-refractivity contribution in [2.45, 2.75) is 64.1 Å². The van der Waals surface area contributed by atoms with E-state index in [9.17, 15) is 5.11 Å². The summed E-state index contributed by atoms with van der Waals surface area (Å²) in [4.78, 5) is 14.5. The van der Waals surface area contributed by atoms with Crippen LogP contribution in [0.25, 0.3) is 11.4 Å². The molecule has 0 radical (unpaired) electrons. The van der Waals surface area contributed by atoms with Gasteiger partial charge in [0.05, 0.1) is 0 Å². The molecule has 2 aliphatic rings. The fraction of sp³-hybridized carbons (Fsp3) is 0.583. The van der Waals surface area contributed by atoms with Crippen molar-refractivity contribution in [1.29, 1.82) is 0 Å². The second-order valence-corrected chi connectivity index (χ2v) is 8.66. The van der Waals surface area contributed by atoms with Crippen molar-refractivity contribution in [2.24, 2.45) is 0 Å². The molecule has 2 heterocycles. The molecule has 0 spiro atoms. The van der Waals surface area contributed by atoms with Gasteiger partial charge in [-0.15, -0.1) is 0 Å². The van der Waals surface area contributed by atoms with Crippen LogP contribution < -0.4 is 0 Å². The Morgan fingerprint density at radius 3 is 2.52 bits per heavy atom. The molecular weight excluding hydrogens is 360 g/mol. The zero-order valence-corrected chi connectivity index (χ0v) is 17.6. The van der Waals surface area contributed by atoms with E-state index in [1.54, 1.807) is 0 Å². The molecule has 1 aliphatic heterocycles. The van der Waals surface area contributed by atoms with E-state index in [4.69, 9.17) is 0 Å². The van der Waals surface area contributed by atoms with Gasteiger partial charge >= 0.3 is 0 Å². The number of aryl methyl sites for hydroxylation is 1. The smallest absolute Gasteiger partial charge is 0.159 e. The molecule has 156 valence electrons. The van der Waals surface area contributed by atoms with E-state index in [1.807, 2.05) is 24.5 Å². The second-order valence-electron chi connectivity index (χ2n) is 8.66. The summed E-state index contributed by atoms with van der Waals surface area (Å²) in [6, 6.07) is 9.44. The summed E-state index contributed by atoms with van der Waals surface area (Å²) in [6.45, 7) is 6.47. The highest BCUT2D eigenvalue weighted by molar-refractivity contribution is 5.59. The lowest BCUT2D eigenvalue weighted by atomic mass is 9.92. The van der Waals surface area contributed by atoms with Gasteiger partial charge in [-0.3, -0.25) is 9.80 Å². The Hall–Kier alpha value is -1.82. The zero-order chi connectivity index (χ0) is 20.1. The maximum atomic E-state index is 9.61. The number of piperazine rings is 1. The standard InChI is InChI=1S/C24H34N4O/c1-19-7-5-6-10-23(19)24-25-15-20(16-26-24)17-27-12-13-28(22(18-27)11-14-29)21-8-3-2-4-9-21/h5-7,10,15-16,21-22,29H,2-4,8-9,11-14,17-18H2,1H3/t22-/m0/s1. The Balaban J connectivity index is 1.39. The van der Waals surface area contributed by atoms with Crippen molar-refractivity contribution in [3.63, 3.8) is 0 Å². The molecule has 4 rings (SSSR count). The average molecular weight is 395 g/mol. The summed E-state index contributed by atoms with van der Waals surface area (Å²) in [6.07, 6.45) is 11.6. The van der Waals surface area contributed by atoms with E-state index in [0.29, 0.717) is 6.04 Å². The Labute approximate surface area is 174 Å². The van der Waals surface area contributed by atoms with E-state index in [0.717, 1.165) is 55.6 Å². The summed E-state index contributed by atoms with van der Waals surface area (Å²) in [5, 5.41) is 9.61. The van der Waals surface area contributed by atoms with Crippen LogP contribution in [0, 0.1) is 6.92 Å². The molecule has 0 unspecified atom stereocenters. The van der Waals surface area contributed by atoms with Crippen LogP contribution in [0.15, 0.2) is 36.7 Å². The van der Waals surface area contributed by atoms with Crippen LogP contribution >= 0.6 is 0 Å². The summed E-state index contributed by atoms with van der Waals surface area (Å²) >= 11 is 0. The van der Waals surface area contributed by atoms with Gasteiger partial charge in [0, 0.05) is 68.4 Å². The van der Waals surface area contributed by atoms with Gasteiger partial charge < -0.3 is 5.11 Å². The zero-order valence-electron chi connectivity index (χ0n) is 17.6. The number of hydrogen-bond acceptors (Lipinski definition) is 5. The molecule has 5 heteroatoms. The molecule has 5 nitrogen and oxygen atoms in total. The van der Waals surface area contributed by atoms with Crippen molar-refractivity contribution >= 4 is 0 Å². The van der Waals surface area contributed by atoms with Gasteiger partial charge in [0.15, 0.2) is 5.82 Å².